The number of anilines is 2. The Labute approximate surface area is 132 Å². The van der Waals surface area contributed by atoms with E-state index in [0.717, 1.165) is 28.1 Å². The van der Waals surface area contributed by atoms with Crippen LogP contribution < -0.4 is 10.6 Å². The summed E-state index contributed by atoms with van der Waals surface area (Å²) < 4.78 is 0.788. The predicted molar refractivity (Wildman–Crippen MR) is 88.4 cm³/mol. The maximum absolute atomic E-state index is 11.5. The van der Waals surface area contributed by atoms with Crippen molar-refractivity contribution in [3.05, 3.63) is 29.8 Å². The molecule has 1 aromatic heterocycles. The topological polar surface area (TPSA) is 66.9 Å². The van der Waals surface area contributed by atoms with E-state index in [-0.39, 0.29) is 5.91 Å². The third-order valence-corrected chi connectivity index (χ3v) is 4.58. The van der Waals surface area contributed by atoms with Crippen molar-refractivity contribution in [1.82, 2.24) is 15.5 Å². The van der Waals surface area contributed by atoms with Gasteiger partial charge in [0.05, 0.1) is 5.75 Å². The Kier molecular flexibility index (Phi) is 6.01. The molecular formula is C14H18N4OS2. The maximum atomic E-state index is 11.5. The Morgan fingerprint density at radius 1 is 1.29 bits per heavy atom. The summed E-state index contributed by atoms with van der Waals surface area (Å²) in [6, 6.07) is 8.08. The summed E-state index contributed by atoms with van der Waals surface area (Å²) in [5.74, 6) is 0.407. The average Bonchev–Trinajstić information content (AvgIpc) is 2.93. The minimum Gasteiger partial charge on any atom is -0.355 e. The molecular weight excluding hydrogens is 304 g/mol. The Bertz CT molecular complexity index is 583. The molecule has 2 rings (SSSR count). The van der Waals surface area contributed by atoms with Crippen molar-refractivity contribution in [2.45, 2.75) is 24.6 Å². The van der Waals surface area contributed by atoms with Crippen molar-refractivity contribution in [1.29, 1.82) is 0 Å². The zero-order valence-electron chi connectivity index (χ0n) is 12.0. The van der Waals surface area contributed by atoms with Crippen molar-refractivity contribution >= 4 is 39.8 Å². The van der Waals surface area contributed by atoms with Crippen LogP contribution in [0.25, 0.3) is 0 Å². The molecule has 0 fully saturated rings. The van der Waals surface area contributed by atoms with Gasteiger partial charge in [-0.15, -0.1) is 10.2 Å². The molecule has 0 aliphatic rings. The lowest BCUT2D eigenvalue weighted by Gasteiger charge is -2.01. The number of carbonyl (C=O) groups excluding carboxylic acids is 1. The molecule has 5 nitrogen and oxygen atoms in total. The smallest absolute Gasteiger partial charge is 0.230 e. The predicted octanol–water partition coefficient (Wildman–Crippen LogP) is 3.21. The van der Waals surface area contributed by atoms with Crippen molar-refractivity contribution in [3.63, 3.8) is 0 Å². The van der Waals surface area contributed by atoms with Crippen LogP contribution in [0.1, 0.15) is 18.9 Å². The van der Waals surface area contributed by atoms with Crippen LogP contribution in [-0.2, 0) is 4.79 Å². The van der Waals surface area contributed by atoms with Crippen LogP contribution in [0, 0.1) is 6.92 Å². The van der Waals surface area contributed by atoms with Crippen LogP contribution in [0.3, 0.4) is 0 Å². The van der Waals surface area contributed by atoms with E-state index in [4.69, 9.17) is 0 Å². The van der Waals surface area contributed by atoms with Crippen LogP contribution in [0.15, 0.2) is 28.6 Å². The molecule has 0 saturated carbocycles. The quantitative estimate of drug-likeness (QED) is 0.766. The monoisotopic (exact) mass is 322 g/mol. The summed E-state index contributed by atoms with van der Waals surface area (Å²) in [5.41, 5.74) is 2.20. The Hall–Kier alpha value is -1.60. The number of nitrogens with one attached hydrogen (secondary N) is 2. The molecule has 2 aromatic rings. The molecule has 0 aliphatic carbocycles. The fraction of sp³-hybridized carbons (Fsp3) is 0.357. The normalized spacial score (nSPS) is 10.4. The number of hydrogen-bond acceptors (Lipinski definition) is 6. The van der Waals surface area contributed by atoms with E-state index in [9.17, 15) is 4.79 Å². The summed E-state index contributed by atoms with van der Waals surface area (Å²) in [6.07, 6.45) is 0.944. The van der Waals surface area contributed by atoms with Crippen LogP contribution in [0.5, 0.6) is 0 Å². The second-order valence-corrected chi connectivity index (χ2v) is 6.70. The number of rotatable bonds is 7. The van der Waals surface area contributed by atoms with Gasteiger partial charge in [-0.3, -0.25) is 4.79 Å². The van der Waals surface area contributed by atoms with Crippen LogP contribution in [-0.4, -0.2) is 28.4 Å². The second kappa shape index (κ2) is 7.99. The summed E-state index contributed by atoms with van der Waals surface area (Å²) in [7, 11) is 0. The van der Waals surface area contributed by atoms with Crippen molar-refractivity contribution < 1.29 is 4.79 Å². The van der Waals surface area contributed by atoms with Gasteiger partial charge >= 0.3 is 0 Å². The maximum Gasteiger partial charge on any atom is 0.230 e. The molecule has 0 unspecified atom stereocenters. The number of nitrogens with zero attached hydrogens (tertiary/aromatic N) is 2. The SMILES string of the molecule is CCCNC(=O)CSc1nnc(Nc2ccc(C)cc2)s1. The van der Waals surface area contributed by atoms with E-state index in [2.05, 4.69) is 20.8 Å². The summed E-state index contributed by atoms with van der Waals surface area (Å²) >= 11 is 2.85. The number of amides is 1. The largest absolute Gasteiger partial charge is 0.355 e. The lowest BCUT2D eigenvalue weighted by atomic mass is 10.2. The number of carbonyl (C=O) groups is 1. The first-order valence-electron chi connectivity index (χ1n) is 6.74. The molecule has 1 aromatic carbocycles. The van der Waals surface area contributed by atoms with Gasteiger partial charge in [-0.2, -0.15) is 0 Å². The molecule has 1 amide bonds. The first-order valence-corrected chi connectivity index (χ1v) is 8.54. The Balaban J connectivity index is 1.83. The molecule has 1 heterocycles. The fourth-order valence-electron chi connectivity index (χ4n) is 1.52. The molecule has 21 heavy (non-hydrogen) atoms. The third kappa shape index (κ3) is 5.35. The Morgan fingerprint density at radius 2 is 2.05 bits per heavy atom. The first kappa shape index (κ1) is 15.8. The lowest BCUT2D eigenvalue weighted by molar-refractivity contribution is -0.118. The highest BCUT2D eigenvalue weighted by Crippen LogP contribution is 2.27. The van der Waals surface area contributed by atoms with Crippen molar-refractivity contribution in [3.8, 4) is 0 Å². The molecule has 112 valence electrons. The number of aryl methyl sites for hydroxylation is 1. The van der Waals surface area contributed by atoms with E-state index in [1.54, 1.807) is 0 Å². The number of hydrogen-bond donors (Lipinski definition) is 2. The third-order valence-electron chi connectivity index (χ3n) is 2.61. The molecule has 0 radical (unpaired) electrons. The van der Waals surface area contributed by atoms with Gasteiger partial charge in [-0.05, 0) is 25.5 Å². The van der Waals surface area contributed by atoms with E-state index in [1.807, 2.05) is 38.1 Å². The average molecular weight is 322 g/mol. The first-order chi connectivity index (χ1) is 10.2. The van der Waals surface area contributed by atoms with Gasteiger partial charge < -0.3 is 10.6 Å². The van der Waals surface area contributed by atoms with Gasteiger partial charge in [0, 0.05) is 12.2 Å². The van der Waals surface area contributed by atoms with Gasteiger partial charge in [0.25, 0.3) is 0 Å². The highest BCUT2D eigenvalue weighted by atomic mass is 32.2. The summed E-state index contributed by atoms with van der Waals surface area (Å²) in [4.78, 5) is 11.5. The highest BCUT2D eigenvalue weighted by Gasteiger charge is 2.08. The van der Waals surface area contributed by atoms with E-state index < -0.39 is 0 Å². The zero-order valence-corrected chi connectivity index (χ0v) is 13.7. The highest BCUT2D eigenvalue weighted by molar-refractivity contribution is 8.01. The molecule has 0 saturated heterocycles. The summed E-state index contributed by atoms with van der Waals surface area (Å²) in [5, 5.41) is 14.9. The van der Waals surface area contributed by atoms with Gasteiger partial charge in [0.1, 0.15) is 0 Å². The van der Waals surface area contributed by atoms with Gasteiger partial charge in [-0.1, -0.05) is 47.7 Å². The Morgan fingerprint density at radius 3 is 2.76 bits per heavy atom. The van der Waals surface area contributed by atoms with Crippen LogP contribution >= 0.6 is 23.1 Å². The molecule has 0 atom stereocenters. The van der Waals surface area contributed by atoms with Gasteiger partial charge in [0.15, 0.2) is 4.34 Å². The van der Waals surface area contributed by atoms with Crippen molar-refractivity contribution in [2.75, 3.05) is 17.6 Å². The van der Waals surface area contributed by atoms with Crippen LogP contribution in [0.2, 0.25) is 0 Å². The molecule has 7 heteroatoms. The van der Waals surface area contributed by atoms with Gasteiger partial charge in [0.2, 0.25) is 11.0 Å². The molecule has 0 spiro atoms. The zero-order chi connectivity index (χ0) is 15.1. The van der Waals surface area contributed by atoms with Gasteiger partial charge in [-0.25, -0.2) is 0 Å². The standard InChI is InChI=1S/C14H18N4OS2/c1-3-8-15-12(19)9-20-14-18-17-13(21-14)16-11-6-4-10(2)5-7-11/h4-7H,3,8-9H2,1-2H3,(H,15,19)(H,16,17). The second-order valence-electron chi connectivity index (χ2n) is 4.50. The number of benzene rings is 1. The van der Waals surface area contributed by atoms with Crippen LogP contribution in [0.4, 0.5) is 10.8 Å². The molecule has 0 bridgehead atoms. The van der Waals surface area contributed by atoms with E-state index in [1.165, 1.54) is 28.7 Å². The molecule has 2 N–H and O–H groups in total. The molecule has 0 aliphatic heterocycles. The number of thioether (sulfide) groups is 1. The fourth-order valence-corrected chi connectivity index (χ4v) is 3.12. The van der Waals surface area contributed by atoms with E-state index >= 15 is 0 Å². The lowest BCUT2D eigenvalue weighted by Crippen LogP contribution is -2.25. The minimum atomic E-state index is 0.0325. The summed E-state index contributed by atoms with van der Waals surface area (Å²) in [6.45, 7) is 4.80. The van der Waals surface area contributed by atoms with E-state index in [0.29, 0.717) is 5.75 Å². The minimum absolute atomic E-state index is 0.0325. The van der Waals surface area contributed by atoms with Crippen molar-refractivity contribution in [2.24, 2.45) is 0 Å². The number of aromatic nitrogens is 2.